The van der Waals surface area contributed by atoms with E-state index in [0.29, 0.717) is 10.9 Å². The van der Waals surface area contributed by atoms with Crippen LogP contribution in [0.4, 0.5) is 10.9 Å². The van der Waals surface area contributed by atoms with Crippen molar-refractivity contribution in [2.24, 2.45) is 0 Å². The average molecular weight is 263 g/mol. The van der Waals surface area contributed by atoms with Gasteiger partial charge in [0.05, 0.1) is 5.69 Å². The lowest BCUT2D eigenvalue weighted by Gasteiger charge is -2.04. The monoisotopic (exact) mass is 263 g/mol. The number of pyridine rings is 1. The van der Waals surface area contributed by atoms with Crippen LogP contribution in [0.2, 0.25) is 0 Å². The molecule has 2 rings (SSSR count). The number of aromatic carboxylic acids is 1. The van der Waals surface area contributed by atoms with Gasteiger partial charge in [0.15, 0.2) is 5.13 Å². The molecular weight excluding hydrogens is 250 g/mol. The van der Waals surface area contributed by atoms with Crippen molar-refractivity contribution in [2.75, 3.05) is 5.32 Å². The number of aromatic nitrogens is 2. The number of nitrogens with zero attached hydrogens (tertiary/aromatic N) is 2. The first-order valence-corrected chi connectivity index (χ1v) is 6.35. The Labute approximate surface area is 109 Å². The summed E-state index contributed by atoms with van der Waals surface area (Å²) in [5.41, 5.74) is 1.17. The molecule has 0 saturated heterocycles. The van der Waals surface area contributed by atoms with E-state index in [1.807, 2.05) is 13.8 Å². The summed E-state index contributed by atoms with van der Waals surface area (Å²) in [5.74, 6) is -0.684. The summed E-state index contributed by atoms with van der Waals surface area (Å²) in [6, 6.07) is 3.11. The first kappa shape index (κ1) is 12.5. The molecule has 0 radical (unpaired) electrons. The Kier molecular flexibility index (Phi) is 3.57. The molecule has 0 atom stereocenters. The highest BCUT2D eigenvalue weighted by Crippen LogP contribution is 2.26. The minimum Gasteiger partial charge on any atom is -0.478 e. The van der Waals surface area contributed by atoms with Crippen molar-refractivity contribution >= 4 is 28.3 Å². The molecule has 5 nitrogen and oxygen atoms in total. The summed E-state index contributed by atoms with van der Waals surface area (Å²) in [6.45, 7) is 4.04. The van der Waals surface area contributed by atoms with E-state index in [-0.39, 0.29) is 5.56 Å². The van der Waals surface area contributed by atoms with Gasteiger partial charge < -0.3 is 10.4 Å². The Morgan fingerprint density at radius 2 is 2.33 bits per heavy atom. The summed E-state index contributed by atoms with van der Waals surface area (Å²) in [7, 11) is 0. The maximum Gasteiger partial charge on any atom is 0.339 e. The van der Waals surface area contributed by atoms with E-state index in [1.54, 1.807) is 12.3 Å². The number of rotatable bonds is 4. The number of thiazole rings is 1. The standard InChI is InChI=1S/C12H13N3O2S/c1-3-9-7(2)18-12(14-9)15-10-8(11(16)17)5-4-6-13-10/h4-6H,3H2,1-2H3,(H,16,17)(H,13,14,15). The van der Waals surface area contributed by atoms with Gasteiger partial charge in [-0.15, -0.1) is 11.3 Å². The molecule has 0 aliphatic rings. The van der Waals surface area contributed by atoms with E-state index in [9.17, 15) is 4.79 Å². The van der Waals surface area contributed by atoms with Gasteiger partial charge in [-0.25, -0.2) is 14.8 Å². The molecule has 0 aliphatic heterocycles. The van der Waals surface area contributed by atoms with Crippen molar-refractivity contribution in [1.82, 2.24) is 9.97 Å². The first-order chi connectivity index (χ1) is 8.61. The number of carboxylic acid groups (broad SMARTS) is 1. The minimum absolute atomic E-state index is 0.142. The molecule has 0 bridgehead atoms. The predicted molar refractivity (Wildman–Crippen MR) is 70.7 cm³/mol. The molecule has 2 aromatic heterocycles. The second-order valence-corrected chi connectivity index (χ2v) is 4.91. The van der Waals surface area contributed by atoms with Crippen molar-refractivity contribution < 1.29 is 9.90 Å². The average Bonchev–Trinajstić information content (AvgIpc) is 2.70. The van der Waals surface area contributed by atoms with Gasteiger partial charge in [-0.1, -0.05) is 6.92 Å². The van der Waals surface area contributed by atoms with Gasteiger partial charge in [-0.3, -0.25) is 0 Å². The molecule has 94 valence electrons. The van der Waals surface area contributed by atoms with Crippen LogP contribution in [0.25, 0.3) is 0 Å². The third-order valence-corrected chi connectivity index (χ3v) is 3.42. The van der Waals surface area contributed by atoms with Gasteiger partial charge in [0.1, 0.15) is 11.4 Å². The third-order valence-electron chi connectivity index (χ3n) is 2.49. The van der Waals surface area contributed by atoms with Crippen molar-refractivity contribution in [3.63, 3.8) is 0 Å². The zero-order chi connectivity index (χ0) is 13.1. The summed E-state index contributed by atoms with van der Waals surface area (Å²) < 4.78 is 0. The number of carboxylic acids is 1. The Morgan fingerprint density at radius 1 is 1.56 bits per heavy atom. The van der Waals surface area contributed by atoms with Crippen LogP contribution in [0.5, 0.6) is 0 Å². The smallest absolute Gasteiger partial charge is 0.339 e. The molecule has 2 N–H and O–H groups in total. The number of hydrogen-bond donors (Lipinski definition) is 2. The first-order valence-electron chi connectivity index (χ1n) is 5.53. The Hall–Kier alpha value is -1.95. The lowest BCUT2D eigenvalue weighted by atomic mass is 10.2. The predicted octanol–water partition coefficient (Wildman–Crippen LogP) is 2.85. The molecule has 0 fully saturated rings. The van der Waals surface area contributed by atoms with Crippen LogP contribution in [0.1, 0.15) is 27.9 Å². The summed E-state index contributed by atoms with van der Waals surface area (Å²) in [5, 5.41) is 12.7. The van der Waals surface area contributed by atoms with Crippen LogP contribution >= 0.6 is 11.3 Å². The van der Waals surface area contributed by atoms with Crippen LogP contribution in [0.3, 0.4) is 0 Å². The fraction of sp³-hybridized carbons (Fsp3) is 0.250. The van der Waals surface area contributed by atoms with E-state index in [4.69, 9.17) is 5.11 Å². The van der Waals surface area contributed by atoms with Crippen molar-refractivity contribution in [3.8, 4) is 0 Å². The number of anilines is 2. The van der Waals surface area contributed by atoms with Gasteiger partial charge in [-0.05, 0) is 25.5 Å². The van der Waals surface area contributed by atoms with Crippen LogP contribution in [0.15, 0.2) is 18.3 Å². The highest BCUT2D eigenvalue weighted by atomic mass is 32.1. The lowest BCUT2D eigenvalue weighted by Crippen LogP contribution is -2.04. The molecule has 0 aliphatic carbocycles. The van der Waals surface area contributed by atoms with Gasteiger partial charge in [-0.2, -0.15) is 0 Å². The third kappa shape index (κ3) is 2.48. The quantitative estimate of drug-likeness (QED) is 0.887. The molecule has 0 aromatic carbocycles. The van der Waals surface area contributed by atoms with Crippen LogP contribution in [-0.2, 0) is 6.42 Å². The molecule has 18 heavy (non-hydrogen) atoms. The zero-order valence-electron chi connectivity index (χ0n) is 10.1. The SMILES string of the molecule is CCc1nc(Nc2ncccc2C(=O)O)sc1C. The molecular formula is C12H13N3O2S. The van der Waals surface area contributed by atoms with Crippen LogP contribution in [-0.4, -0.2) is 21.0 Å². The maximum absolute atomic E-state index is 11.0. The summed E-state index contributed by atoms with van der Waals surface area (Å²) in [6.07, 6.45) is 2.41. The molecule has 6 heteroatoms. The van der Waals surface area contributed by atoms with Gasteiger partial charge in [0.25, 0.3) is 0 Å². The van der Waals surface area contributed by atoms with Gasteiger partial charge >= 0.3 is 5.97 Å². The second-order valence-electron chi connectivity index (χ2n) is 3.71. The highest BCUT2D eigenvalue weighted by Gasteiger charge is 2.13. The molecule has 0 spiro atoms. The van der Waals surface area contributed by atoms with Crippen molar-refractivity contribution in [1.29, 1.82) is 0 Å². The second kappa shape index (κ2) is 5.14. The Bertz CT molecular complexity index is 580. The van der Waals surface area contributed by atoms with E-state index in [0.717, 1.165) is 17.0 Å². The number of nitrogens with one attached hydrogen (secondary N) is 1. The van der Waals surface area contributed by atoms with Crippen molar-refractivity contribution in [2.45, 2.75) is 20.3 Å². The Balaban J connectivity index is 2.31. The van der Waals surface area contributed by atoms with E-state index in [1.165, 1.54) is 17.4 Å². The summed E-state index contributed by atoms with van der Waals surface area (Å²) in [4.78, 5) is 20.6. The Morgan fingerprint density at radius 3 is 2.94 bits per heavy atom. The van der Waals surface area contributed by atoms with Gasteiger partial charge in [0.2, 0.25) is 0 Å². The normalized spacial score (nSPS) is 10.3. The highest BCUT2D eigenvalue weighted by molar-refractivity contribution is 7.15. The van der Waals surface area contributed by atoms with E-state index >= 15 is 0 Å². The number of hydrogen-bond acceptors (Lipinski definition) is 5. The van der Waals surface area contributed by atoms with E-state index < -0.39 is 5.97 Å². The largest absolute Gasteiger partial charge is 0.478 e. The molecule has 0 amide bonds. The summed E-state index contributed by atoms with van der Waals surface area (Å²) >= 11 is 1.50. The molecule has 0 saturated carbocycles. The molecule has 2 aromatic rings. The maximum atomic E-state index is 11.0. The zero-order valence-corrected chi connectivity index (χ0v) is 10.9. The minimum atomic E-state index is -1.01. The number of carbonyl (C=O) groups is 1. The number of aryl methyl sites for hydroxylation is 2. The van der Waals surface area contributed by atoms with Crippen LogP contribution in [0, 0.1) is 6.92 Å². The van der Waals surface area contributed by atoms with Gasteiger partial charge in [0, 0.05) is 11.1 Å². The lowest BCUT2D eigenvalue weighted by molar-refractivity contribution is 0.0697. The van der Waals surface area contributed by atoms with Crippen molar-refractivity contribution in [3.05, 3.63) is 34.5 Å². The fourth-order valence-electron chi connectivity index (χ4n) is 1.59. The fourth-order valence-corrected chi connectivity index (χ4v) is 2.49. The van der Waals surface area contributed by atoms with E-state index in [2.05, 4.69) is 15.3 Å². The molecule has 0 unspecified atom stereocenters. The topological polar surface area (TPSA) is 75.1 Å². The van der Waals surface area contributed by atoms with Crippen LogP contribution < -0.4 is 5.32 Å². The molecule has 2 heterocycles.